The number of nitrogens with zero attached hydrogens (tertiary/aromatic N) is 3. The molecule has 0 atom stereocenters. The molecular weight excluding hydrogens is 404 g/mol. The number of rotatable bonds is 7. The Balaban J connectivity index is 1.32. The minimum absolute atomic E-state index is 0.115. The van der Waals surface area contributed by atoms with E-state index in [4.69, 9.17) is 4.42 Å². The van der Waals surface area contributed by atoms with Crippen molar-refractivity contribution in [3.63, 3.8) is 0 Å². The molecule has 4 rings (SSSR count). The van der Waals surface area contributed by atoms with Crippen LogP contribution >= 0.6 is 22.7 Å². The zero-order valence-corrected chi connectivity index (χ0v) is 17.8. The third kappa shape index (κ3) is 4.96. The van der Waals surface area contributed by atoms with Gasteiger partial charge in [-0.3, -0.25) is 4.79 Å². The fourth-order valence-electron chi connectivity index (χ4n) is 2.80. The molecule has 0 unspecified atom stereocenters. The highest BCUT2D eigenvalue weighted by Crippen LogP contribution is 2.26. The summed E-state index contributed by atoms with van der Waals surface area (Å²) in [4.78, 5) is 18.0. The molecule has 3 heterocycles. The molecule has 0 aliphatic heterocycles. The van der Waals surface area contributed by atoms with Crippen LogP contribution < -0.4 is 5.32 Å². The summed E-state index contributed by atoms with van der Waals surface area (Å²) < 4.78 is 5.62. The summed E-state index contributed by atoms with van der Waals surface area (Å²) in [7, 11) is 0. The van der Waals surface area contributed by atoms with Gasteiger partial charge in [0.2, 0.25) is 17.7 Å². The van der Waals surface area contributed by atoms with Crippen molar-refractivity contribution in [1.29, 1.82) is 0 Å². The Morgan fingerprint density at radius 2 is 1.97 bits per heavy atom. The van der Waals surface area contributed by atoms with Gasteiger partial charge >= 0.3 is 0 Å². The molecule has 0 aliphatic carbocycles. The summed E-state index contributed by atoms with van der Waals surface area (Å²) in [5.74, 6) is 0.825. The van der Waals surface area contributed by atoms with Gasteiger partial charge in [0, 0.05) is 35.1 Å². The highest BCUT2D eigenvalue weighted by molar-refractivity contribution is 7.15. The van der Waals surface area contributed by atoms with Crippen LogP contribution in [0.15, 0.2) is 45.5 Å². The smallest absolute Gasteiger partial charge is 0.248 e. The van der Waals surface area contributed by atoms with Crippen LogP contribution in [-0.4, -0.2) is 21.1 Å². The minimum Gasteiger partial charge on any atom is -0.421 e. The van der Waals surface area contributed by atoms with Gasteiger partial charge in [-0.2, -0.15) is 11.3 Å². The molecule has 0 saturated carbocycles. The van der Waals surface area contributed by atoms with Crippen LogP contribution in [0.2, 0.25) is 0 Å². The van der Waals surface area contributed by atoms with Gasteiger partial charge in [0.05, 0.1) is 5.69 Å². The van der Waals surface area contributed by atoms with Crippen molar-refractivity contribution in [2.45, 2.75) is 33.1 Å². The van der Waals surface area contributed by atoms with Gasteiger partial charge in [0.15, 0.2) is 5.13 Å². The lowest BCUT2D eigenvalue weighted by atomic mass is 10.1. The first-order valence-corrected chi connectivity index (χ1v) is 11.0. The fourth-order valence-corrected chi connectivity index (χ4v) is 4.44. The molecule has 3 aromatic heterocycles. The second-order valence-electron chi connectivity index (χ2n) is 6.75. The number of thiophene rings is 1. The van der Waals surface area contributed by atoms with Crippen LogP contribution in [0.4, 0.5) is 5.13 Å². The van der Waals surface area contributed by atoms with Crippen molar-refractivity contribution >= 4 is 33.7 Å². The largest absolute Gasteiger partial charge is 0.421 e. The molecule has 29 heavy (non-hydrogen) atoms. The summed E-state index contributed by atoms with van der Waals surface area (Å²) in [6, 6.07) is 10.4. The quantitative estimate of drug-likeness (QED) is 0.450. The van der Waals surface area contributed by atoms with E-state index in [1.165, 1.54) is 22.5 Å². The molecule has 4 aromatic rings. The van der Waals surface area contributed by atoms with Crippen molar-refractivity contribution in [1.82, 2.24) is 15.2 Å². The molecule has 148 valence electrons. The molecule has 0 aliphatic rings. The Labute approximate surface area is 176 Å². The molecular formula is C21H20N4O2S2. The van der Waals surface area contributed by atoms with E-state index in [2.05, 4.69) is 51.7 Å². The Kier molecular flexibility index (Phi) is 5.82. The van der Waals surface area contributed by atoms with Crippen molar-refractivity contribution in [3.05, 3.63) is 68.7 Å². The molecule has 0 radical (unpaired) electrons. The lowest BCUT2D eigenvalue weighted by Gasteiger charge is -2.00. The van der Waals surface area contributed by atoms with Gasteiger partial charge in [0.1, 0.15) is 0 Å². The first kappa shape index (κ1) is 19.5. The zero-order chi connectivity index (χ0) is 20.2. The van der Waals surface area contributed by atoms with Gasteiger partial charge in [0.25, 0.3) is 0 Å². The Hall–Kier alpha value is -2.84. The Morgan fingerprint density at radius 1 is 1.14 bits per heavy atom. The van der Waals surface area contributed by atoms with Crippen LogP contribution in [0.25, 0.3) is 11.5 Å². The number of benzene rings is 1. The van der Waals surface area contributed by atoms with Crippen molar-refractivity contribution in [2.75, 3.05) is 5.32 Å². The first-order chi connectivity index (χ1) is 14.1. The van der Waals surface area contributed by atoms with Gasteiger partial charge in [-0.05, 0) is 30.9 Å². The number of hydrogen-bond acceptors (Lipinski definition) is 7. The van der Waals surface area contributed by atoms with Crippen LogP contribution in [-0.2, 0) is 17.6 Å². The van der Waals surface area contributed by atoms with Crippen LogP contribution in [0.1, 0.15) is 34.0 Å². The number of nitrogens with one attached hydrogen (secondary N) is 1. The number of thiazole rings is 1. The number of carbonyl (C=O) groups excluding carboxylic acids is 1. The summed E-state index contributed by atoms with van der Waals surface area (Å²) in [6.45, 7) is 4.05. The van der Waals surface area contributed by atoms with Crippen molar-refractivity contribution in [2.24, 2.45) is 0 Å². The maximum Gasteiger partial charge on any atom is 0.248 e. The minimum atomic E-state index is -0.115. The van der Waals surface area contributed by atoms with E-state index in [-0.39, 0.29) is 12.3 Å². The molecule has 6 nitrogen and oxygen atoms in total. The van der Waals surface area contributed by atoms with Gasteiger partial charge in [-0.15, -0.1) is 21.5 Å². The number of hydrogen-bond donors (Lipinski definition) is 1. The van der Waals surface area contributed by atoms with E-state index >= 15 is 0 Å². The third-order valence-electron chi connectivity index (χ3n) is 4.43. The molecule has 8 heteroatoms. The highest BCUT2D eigenvalue weighted by atomic mass is 32.1. The Morgan fingerprint density at radius 3 is 2.72 bits per heavy atom. The molecule has 0 spiro atoms. The number of carbonyl (C=O) groups is 1. The van der Waals surface area contributed by atoms with Crippen LogP contribution in [0.3, 0.4) is 0 Å². The second kappa shape index (κ2) is 8.67. The predicted octanol–water partition coefficient (Wildman–Crippen LogP) is 5.03. The van der Waals surface area contributed by atoms with Gasteiger partial charge in [-0.1, -0.05) is 29.8 Å². The molecule has 0 bridgehead atoms. The lowest BCUT2D eigenvalue weighted by molar-refractivity contribution is -0.116. The SMILES string of the molecule is Cc1ccc(Cc2sc(NC(=O)CCc3nnc(-c4ccsc4)o3)nc2C)cc1. The molecule has 1 N–H and O–H groups in total. The van der Waals surface area contributed by atoms with Crippen LogP contribution in [0, 0.1) is 13.8 Å². The van der Waals surface area contributed by atoms with Gasteiger partial charge in [-0.25, -0.2) is 4.98 Å². The standard InChI is InChI=1S/C21H20N4O2S2/c1-13-3-5-15(6-4-13)11-17-14(2)22-21(29-17)23-18(26)7-8-19-24-25-20(27-19)16-9-10-28-12-16/h3-6,9-10,12H,7-8,11H2,1-2H3,(H,22,23,26). The number of aromatic nitrogens is 3. The lowest BCUT2D eigenvalue weighted by Crippen LogP contribution is -2.12. The molecule has 0 fully saturated rings. The number of amides is 1. The summed E-state index contributed by atoms with van der Waals surface area (Å²) >= 11 is 3.09. The zero-order valence-electron chi connectivity index (χ0n) is 16.1. The topological polar surface area (TPSA) is 80.9 Å². The first-order valence-electron chi connectivity index (χ1n) is 9.23. The highest BCUT2D eigenvalue weighted by Gasteiger charge is 2.14. The predicted molar refractivity (Wildman–Crippen MR) is 115 cm³/mol. The normalized spacial score (nSPS) is 11.0. The average molecular weight is 425 g/mol. The summed E-state index contributed by atoms with van der Waals surface area (Å²) in [5, 5.41) is 15.5. The maximum atomic E-state index is 12.3. The third-order valence-corrected chi connectivity index (χ3v) is 6.18. The number of anilines is 1. The van der Waals surface area contributed by atoms with E-state index in [1.54, 1.807) is 11.3 Å². The monoisotopic (exact) mass is 424 g/mol. The Bertz CT molecular complexity index is 1100. The van der Waals surface area contributed by atoms with E-state index < -0.39 is 0 Å². The molecule has 0 saturated heterocycles. The number of aryl methyl sites for hydroxylation is 3. The molecule has 1 aromatic carbocycles. The van der Waals surface area contributed by atoms with Crippen LogP contribution in [0.5, 0.6) is 0 Å². The maximum absolute atomic E-state index is 12.3. The van der Waals surface area contributed by atoms with Crippen molar-refractivity contribution in [3.8, 4) is 11.5 Å². The molecule has 1 amide bonds. The van der Waals surface area contributed by atoms with Crippen molar-refractivity contribution < 1.29 is 9.21 Å². The summed E-state index contributed by atoms with van der Waals surface area (Å²) in [6.07, 6.45) is 1.47. The van der Waals surface area contributed by atoms with E-state index in [9.17, 15) is 4.79 Å². The van der Waals surface area contributed by atoms with Gasteiger partial charge < -0.3 is 9.73 Å². The van der Waals surface area contributed by atoms with E-state index in [1.807, 2.05) is 23.8 Å². The van der Waals surface area contributed by atoms with E-state index in [0.29, 0.717) is 23.3 Å². The summed E-state index contributed by atoms with van der Waals surface area (Å²) in [5.41, 5.74) is 4.32. The fraction of sp³-hybridized carbons (Fsp3) is 0.238. The average Bonchev–Trinajstić information content (AvgIpc) is 3.44. The van der Waals surface area contributed by atoms with E-state index in [0.717, 1.165) is 22.6 Å². The second-order valence-corrected chi connectivity index (χ2v) is 8.61.